The molecule has 0 radical (unpaired) electrons. The normalized spacial score (nSPS) is 17.4. The molecule has 0 spiro atoms. The lowest BCUT2D eigenvalue weighted by molar-refractivity contribution is -0.222. The molecule has 0 atom stereocenters. The molecule has 1 aliphatic heterocycles. The zero-order valence-electron chi connectivity index (χ0n) is 12.0. The Hall–Kier alpha value is -2.22. The van der Waals surface area contributed by atoms with E-state index in [1.165, 1.54) is 19.9 Å². The van der Waals surface area contributed by atoms with Crippen molar-refractivity contribution in [3.05, 3.63) is 40.6 Å². The van der Waals surface area contributed by atoms with Gasteiger partial charge in [-0.25, -0.2) is 9.59 Å². The Morgan fingerprint density at radius 2 is 1.74 bits per heavy atom. The third-order valence-electron chi connectivity index (χ3n) is 2.77. The van der Waals surface area contributed by atoms with E-state index in [1.807, 2.05) is 0 Å². The number of cyclic esters (lactones) is 2. The summed E-state index contributed by atoms with van der Waals surface area (Å²) >= 11 is 5.50. The van der Waals surface area contributed by atoms with Gasteiger partial charge in [-0.1, -0.05) is 11.6 Å². The van der Waals surface area contributed by atoms with Gasteiger partial charge in [-0.15, -0.1) is 0 Å². The number of halogens is 4. The second-order valence-electron chi connectivity index (χ2n) is 5.07. The molecular formula is C14H11ClF3NO4. The molecule has 0 amide bonds. The maximum absolute atomic E-state index is 12.8. The number of nitrogens with one attached hydrogen (secondary N) is 1. The van der Waals surface area contributed by atoms with Crippen molar-refractivity contribution in [3.63, 3.8) is 0 Å². The fourth-order valence-electron chi connectivity index (χ4n) is 1.77. The Morgan fingerprint density at radius 3 is 2.26 bits per heavy atom. The van der Waals surface area contributed by atoms with Crippen molar-refractivity contribution < 1.29 is 32.2 Å². The second-order valence-corrected chi connectivity index (χ2v) is 5.48. The van der Waals surface area contributed by atoms with Crippen molar-refractivity contribution in [2.24, 2.45) is 0 Å². The highest BCUT2D eigenvalue weighted by Gasteiger charge is 2.39. The van der Waals surface area contributed by atoms with Gasteiger partial charge in [-0.2, -0.15) is 13.2 Å². The summed E-state index contributed by atoms with van der Waals surface area (Å²) in [7, 11) is 0. The van der Waals surface area contributed by atoms with Gasteiger partial charge in [0.1, 0.15) is 0 Å². The van der Waals surface area contributed by atoms with Crippen molar-refractivity contribution in [3.8, 4) is 0 Å². The Kier molecular flexibility index (Phi) is 4.30. The SMILES string of the molecule is CC1(C)OC(=O)C(=CNc2ccc(Cl)c(C(F)(F)F)c2)C(=O)O1. The predicted octanol–water partition coefficient (Wildman–Crippen LogP) is 3.49. The second kappa shape index (κ2) is 5.77. The molecule has 1 fully saturated rings. The van der Waals surface area contributed by atoms with Crippen LogP contribution in [0.25, 0.3) is 0 Å². The number of carbonyl (C=O) groups is 2. The highest BCUT2D eigenvalue weighted by atomic mass is 35.5. The first kappa shape index (κ1) is 17.1. The number of carbonyl (C=O) groups excluding carboxylic acids is 2. The van der Waals surface area contributed by atoms with E-state index < -0.39 is 40.1 Å². The van der Waals surface area contributed by atoms with Crippen LogP contribution in [0.2, 0.25) is 5.02 Å². The molecule has 1 N–H and O–H groups in total. The third kappa shape index (κ3) is 3.95. The van der Waals surface area contributed by atoms with Gasteiger partial charge in [0, 0.05) is 25.7 Å². The summed E-state index contributed by atoms with van der Waals surface area (Å²) in [6.07, 6.45) is -3.71. The van der Waals surface area contributed by atoms with Crippen molar-refractivity contribution in [2.75, 3.05) is 5.32 Å². The predicted molar refractivity (Wildman–Crippen MR) is 74.4 cm³/mol. The molecule has 1 saturated heterocycles. The standard InChI is InChI=1S/C14H11ClF3NO4/c1-13(2)22-11(20)8(12(21)23-13)6-19-7-3-4-10(15)9(5-7)14(16,17)18/h3-6,19H,1-2H3. The van der Waals surface area contributed by atoms with E-state index in [2.05, 4.69) is 5.32 Å². The van der Waals surface area contributed by atoms with Crippen LogP contribution < -0.4 is 5.32 Å². The van der Waals surface area contributed by atoms with Crippen LogP contribution in [0.5, 0.6) is 0 Å². The molecule has 1 heterocycles. The van der Waals surface area contributed by atoms with Crippen molar-refractivity contribution >= 4 is 29.2 Å². The molecule has 0 unspecified atom stereocenters. The Labute approximate surface area is 134 Å². The summed E-state index contributed by atoms with van der Waals surface area (Å²) in [5.74, 6) is -3.28. The molecule has 5 nitrogen and oxygen atoms in total. The van der Waals surface area contributed by atoms with E-state index in [-0.39, 0.29) is 5.69 Å². The summed E-state index contributed by atoms with van der Waals surface area (Å²) in [6, 6.07) is 3.06. The molecule has 9 heteroatoms. The zero-order chi connectivity index (χ0) is 17.4. The van der Waals surface area contributed by atoms with Crippen LogP contribution in [0, 0.1) is 0 Å². The van der Waals surface area contributed by atoms with Crippen LogP contribution in [0.15, 0.2) is 30.0 Å². The van der Waals surface area contributed by atoms with Crippen LogP contribution in [0.3, 0.4) is 0 Å². The Balaban J connectivity index is 2.24. The van der Waals surface area contributed by atoms with Crippen LogP contribution in [0.4, 0.5) is 18.9 Å². The number of alkyl halides is 3. The van der Waals surface area contributed by atoms with Crippen molar-refractivity contribution in [2.45, 2.75) is 25.8 Å². The number of rotatable bonds is 2. The molecule has 1 aliphatic rings. The van der Waals surface area contributed by atoms with Gasteiger partial charge in [0.15, 0.2) is 5.57 Å². The minimum atomic E-state index is -4.63. The lowest BCUT2D eigenvalue weighted by Crippen LogP contribution is -2.42. The fraction of sp³-hybridized carbons (Fsp3) is 0.286. The van der Waals surface area contributed by atoms with E-state index >= 15 is 0 Å². The molecule has 0 aliphatic carbocycles. The maximum Gasteiger partial charge on any atom is 0.417 e. The van der Waals surface area contributed by atoms with E-state index in [4.69, 9.17) is 21.1 Å². The van der Waals surface area contributed by atoms with Gasteiger partial charge in [0.25, 0.3) is 5.79 Å². The van der Waals surface area contributed by atoms with Crippen molar-refractivity contribution in [1.82, 2.24) is 0 Å². The lowest BCUT2D eigenvalue weighted by Gasteiger charge is -2.29. The molecular weight excluding hydrogens is 339 g/mol. The van der Waals surface area contributed by atoms with Crippen LogP contribution in [-0.4, -0.2) is 17.7 Å². The Bertz CT molecular complexity index is 676. The van der Waals surface area contributed by atoms with Crippen LogP contribution in [0.1, 0.15) is 19.4 Å². The van der Waals surface area contributed by atoms with Gasteiger partial charge < -0.3 is 14.8 Å². The Morgan fingerprint density at radius 1 is 1.17 bits per heavy atom. The summed E-state index contributed by atoms with van der Waals surface area (Å²) in [5.41, 5.74) is -1.52. The highest BCUT2D eigenvalue weighted by Crippen LogP contribution is 2.36. The molecule has 0 saturated carbocycles. The molecule has 124 valence electrons. The van der Waals surface area contributed by atoms with Gasteiger partial charge in [-0.3, -0.25) is 0 Å². The summed E-state index contributed by atoms with van der Waals surface area (Å²) in [5, 5.41) is 1.96. The number of esters is 2. The summed E-state index contributed by atoms with van der Waals surface area (Å²) in [6.45, 7) is 2.75. The molecule has 2 rings (SSSR count). The molecule has 0 aromatic heterocycles. The average molecular weight is 350 g/mol. The number of anilines is 1. The lowest BCUT2D eigenvalue weighted by atomic mass is 10.2. The molecule has 1 aromatic carbocycles. The summed E-state index contributed by atoms with van der Waals surface area (Å²) < 4.78 is 48.0. The van der Waals surface area contributed by atoms with Gasteiger partial charge in [0.2, 0.25) is 0 Å². The number of hydrogen-bond acceptors (Lipinski definition) is 5. The quantitative estimate of drug-likeness (QED) is 0.503. The first-order valence-electron chi connectivity index (χ1n) is 6.30. The van der Waals surface area contributed by atoms with E-state index in [1.54, 1.807) is 0 Å². The summed E-state index contributed by atoms with van der Waals surface area (Å²) in [4.78, 5) is 23.4. The molecule has 0 bridgehead atoms. The minimum absolute atomic E-state index is 0.0142. The van der Waals surface area contributed by atoms with Crippen molar-refractivity contribution in [1.29, 1.82) is 0 Å². The maximum atomic E-state index is 12.8. The van der Waals surface area contributed by atoms with Gasteiger partial charge in [-0.05, 0) is 18.2 Å². The minimum Gasteiger partial charge on any atom is -0.419 e. The number of hydrogen-bond donors (Lipinski definition) is 1. The smallest absolute Gasteiger partial charge is 0.417 e. The van der Waals surface area contributed by atoms with Gasteiger partial charge in [0.05, 0.1) is 10.6 Å². The zero-order valence-corrected chi connectivity index (χ0v) is 12.7. The monoisotopic (exact) mass is 349 g/mol. The van der Waals surface area contributed by atoms with Crippen LogP contribution >= 0.6 is 11.6 Å². The van der Waals surface area contributed by atoms with E-state index in [9.17, 15) is 22.8 Å². The highest BCUT2D eigenvalue weighted by molar-refractivity contribution is 6.31. The van der Waals surface area contributed by atoms with Gasteiger partial charge >= 0.3 is 18.1 Å². The number of benzene rings is 1. The van der Waals surface area contributed by atoms with E-state index in [0.717, 1.165) is 18.3 Å². The van der Waals surface area contributed by atoms with E-state index in [0.29, 0.717) is 0 Å². The number of ether oxygens (including phenoxy) is 2. The third-order valence-corrected chi connectivity index (χ3v) is 3.10. The molecule has 1 aromatic rings. The van der Waals surface area contributed by atoms with Crippen LogP contribution in [-0.2, 0) is 25.2 Å². The first-order valence-corrected chi connectivity index (χ1v) is 6.67. The largest absolute Gasteiger partial charge is 0.419 e. The first-order chi connectivity index (χ1) is 10.5. The average Bonchev–Trinajstić information content (AvgIpc) is 2.36. The fourth-order valence-corrected chi connectivity index (χ4v) is 1.99. The topological polar surface area (TPSA) is 64.6 Å². The molecule has 23 heavy (non-hydrogen) atoms.